The van der Waals surface area contributed by atoms with Gasteiger partial charge in [0.05, 0.1) is 23.5 Å². The monoisotopic (exact) mass is 425 g/mol. The molecule has 0 amide bonds. The molecule has 0 aliphatic carbocycles. The van der Waals surface area contributed by atoms with E-state index in [4.69, 9.17) is 4.74 Å². The van der Waals surface area contributed by atoms with Crippen LogP contribution in [0.1, 0.15) is 5.56 Å². The highest BCUT2D eigenvalue weighted by atomic mass is 32.2. The average molecular weight is 425 g/mol. The zero-order chi connectivity index (χ0) is 19.9. The summed E-state index contributed by atoms with van der Waals surface area (Å²) in [5.41, 5.74) is 0.734. The van der Waals surface area contributed by atoms with Crippen molar-refractivity contribution in [2.75, 3.05) is 11.8 Å². The number of hydrogen-bond donors (Lipinski definition) is 2. The van der Waals surface area contributed by atoms with Crippen LogP contribution in [-0.2, 0) is 16.4 Å². The van der Waals surface area contributed by atoms with Gasteiger partial charge in [-0.1, -0.05) is 0 Å². The van der Waals surface area contributed by atoms with Gasteiger partial charge < -0.3 is 9.72 Å². The van der Waals surface area contributed by atoms with Crippen molar-refractivity contribution in [3.05, 3.63) is 36.3 Å². The fourth-order valence-electron chi connectivity index (χ4n) is 2.84. The van der Waals surface area contributed by atoms with Gasteiger partial charge in [-0.15, -0.1) is 0 Å². The molecule has 0 atom stereocenters. The van der Waals surface area contributed by atoms with Gasteiger partial charge in [0.25, 0.3) is 10.0 Å². The van der Waals surface area contributed by atoms with Gasteiger partial charge in [-0.05, 0) is 23.7 Å². The molecule has 0 aliphatic heterocycles. The van der Waals surface area contributed by atoms with Crippen LogP contribution in [0.25, 0.3) is 21.0 Å². The average Bonchev–Trinajstić information content (AvgIpc) is 3.28. The number of rotatable bonds is 6. The summed E-state index contributed by atoms with van der Waals surface area (Å²) in [6, 6.07) is 3.48. The summed E-state index contributed by atoms with van der Waals surface area (Å²) >= 11 is 1.31. The Morgan fingerprint density at radius 3 is 2.86 bits per heavy atom. The van der Waals surface area contributed by atoms with Crippen molar-refractivity contribution in [2.24, 2.45) is 0 Å². The molecular formula is C16H13F2N5O3S2. The Balaban J connectivity index is 1.70. The van der Waals surface area contributed by atoms with Crippen molar-refractivity contribution in [3.63, 3.8) is 0 Å². The molecule has 146 valence electrons. The summed E-state index contributed by atoms with van der Waals surface area (Å²) < 4.78 is 63.1. The second kappa shape index (κ2) is 6.95. The molecule has 0 saturated carbocycles. The Kier molecular flexibility index (Phi) is 4.59. The van der Waals surface area contributed by atoms with E-state index in [9.17, 15) is 17.2 Å². The highest BCUT2D eigenvalue weighted by Gasteiger charge is 2.22. The number of benzene rings is 1. The number of nitrogens with zero attached hydrogens (tertiary/aromatic N) is 3. The molecule has 12 heteroatoms. The van der Waals surface area contributed by atoms with Crippen molar-refractivity contribution >= 4 is 48.5 Å². The molecule has 0 bridgehead atoms. The first kappa shape index (κ1) is 18.5. The Morgan fingerprint density at radius 1 is 1.29 bits per heavy atom. The number of halogens is 2. The van der Waals surface area contributed by atoms with E-state index in [-0.39, 0.29) is 22.3 Å². The molecule has 3 aromatic heterocycles. The lowest BCUT2D eigenvalue weighted by Gasteiger charge is -2.10. The maximum Gasteiger partial charge on any atom is 0.266 e. The van der Waals surface area contributed by atoms with E-state index in [2.05, 4.69) is 24.0 Å². The van der Waals surface area contributed by atoms with Crippen LogP contribution < -0.4 is 9.46 Å². The van der Waals surface area contributed by atoms with Gasteiger partial charge in [0.15, 0.2) is 0 Å². The molecule has 2 N–H and O–H groups in total. The van der Waals surface area contributed by atoms with Crippen molar-refractivity contribution < 1.29 is 21.9 Å². The molecule has 8 nitrogen and oxygen atoms in total. The molecule has 0 radical (unpaired) electrons. The second-order valence-corrected chi connectivity index (χ2v) is 8.29. The number of nitrogens with one attached hydrogen (secondary N) is 2. The summed E-state index contributed by atoms with van der Waals surface area (Å²) in [4.78, 5) is 10.7. The van der Waals surface area contributed by atoms with E-state index in [0.717, 1.165) is 16.3 Å². The fourth-order valence-corrected chi connectivity index (χ4v) is 4.62. The van der Waals surface area contributed by atoms with Crippen LogP contribution in [0.2, 0.25) is 0 Å². The van der Waals surface area contributed by atoms with Crippen molar-refractivity contribution in [1.82, 2.24) is 19.3 Å². The standard InChI is InChI=1S/C16H13F2N5O3S2/c1-26-15-8(4-13(17)18)5-20-16(22-15)23-28(24,25)12-7-19-14-9(12)2-3-11-10(14)6-21-27-11/h2-3,5-7,13,19H,4H2,1H3,(H,20,22,23). The van der Waals surface area contributed by atoms with Crippen molar-refractivity contribution in [3.8, 4) is 5.88 Å². The van der Waals surface area contributed by atoms with Crippen molar-refractivity contribution in [1.29, 1.82) is 0 Å². The van der Waals surface area contributed by atoms with Crippen LogP contribution >= 0.6 is 11.5 Å². The van der Waals surface area contributed by atoms with E-state index >= 15 is 0 Å². The van der Waals surface area contributed by atoms with Crippen LogP contribution in [-0.4, -0.2) is 41.3 Å². The number of hydrogen-bond acceptors (Lipinski definition) is 7. The predicted molar refractivity (Wildman–Crippen MR) is 101 cm³/mol. The zero-order valence-electron chi connectivity index (χ0n) is 14.3. The third-order valence-electron chi connectivity index (χ3n) is 4.06. The highest BCUT2D eigenvalue weighted by Crippen LogP contribution is 2.31. The lowest BCUT2D eigenvalue weighted by atomic mass is 10.2. The molecule has 0 saturated heterocycles. The Bertz CT molecular complexity index is 1270. The number of H-pyrrole nitrogens is 1. The molecule has 28 heavy (non-hydrogen) atoms. The lowest BCUT2D eigenvalue weighted by molar-refractivity contribution is 0.147. The number of aromatic nitrogens is 4. The third-order valence-corrected chi connectivity index (χ3v) is 6.19. The predicted octanol–water partition coefficient (Wildman–Crippen LogP) is 3.18. The summed E-state index contributed by atoms with van der Waals surface area (Å²) in [6.45, 7) is 0. The molecule has 0 fully saturated rings. The van der Waals surface area contributed by atoms with E-state index < -0.39 is 22.9 Å². The van der Waals surface area contributed by atoms with Crippen molar-refractivity contribution in [2.45, 2.75) is 17.7 Å². The number of fused-ring (bicyclic) bond motifs is 3. The van der Waals surface area contributed by atoms with Crippen LogP contribution in [0.15, 0.2) is 35.6 Å². The van der Waals surface area contributed by atoms with Gasteiger partial charge in [-0.2, -0.15) is 9.36 Å². The Labute approximate surface area is 161 Å². The smallest absolute Gasteiger partial charge is 0.266 e. The SMILES string of the molecule is COc1nc(NS(=O)(=O)c2c[nH]c3c2ccc2sncc23)ncc1CC(F)F. The van der Waals surface area contributed by atoms with E-state index in [1.54, 1.807) is 18.3 Å². The summed E-state index contributed by atoms with van der Waals surface area (Å²) in [5.74, 6) is -0.388. The number of methoxy groups -OCH3 is 1. The largest absolute Gasteiger partial charge is 0.481 e. The summed E-state index contributed by atoms with van der Waals surface area (Å²) in [7, 11) is -2.78. The van der Waals surface area contributed by atoms with Crippen LogP contribution in [0.4, 0.5) is 14.7 Å². The Morgan fingerprint density at radius 2 is 2.11 bits per heavy atom. The van der Waals surface area contributed by atoms with E-state index in [0.29, 0.717) is 10.9 Å². The maximum atomic E-state index is 12.8. The zero-order valence-corrected chi connectivity index (χ0v) is 15.9. The van der Waals surface area contributed by atoms with Gasteiger partial charge in [-0.25, -0.2) is 26.9 Å². The number of sulfonamides is 1. The molecule has 0 unspecified atom stereocenters. The molecule has 4 aromatic rings. The molecule has 3 heterocycles. The first-order valence-corrected chi connectivity index (χ1v) is 10.2. The minimum Gasteiger partial charge on any atom is -0.481 e. The Hall–Kier alpha value is -2.86. The van der Waals surface area contributed by atoms with Crippen LogP contribution in [0.3, 0.4) is 0 Å². The maximum absolute atomic E-state index is 12.8. The number of alkyl halides is 2. The molecule has 4 rings (SSSR count). The van der Waals surface area contributed by atoms with Gasteiger partial charge in [-0.3, -0.25) is 0 Å². The quantitative estimate of drug-likeness (QED) is 0.491. The van der Waals surface area contributed by atoms with E-state index in [1.165, 1.54) is 24.8 Å². The van der Waals surface area contributed by atoms with Gasteiger partial charge in [0.2, 0.25) is 18.3 Å². The third kappa shape index (κ3) is 3.24. The molecular weight excluding hydrogens is 412 g/mol. The van der Waals surface area contributed by atoms with Gasteiger partial charge in [0, 0.05) is 35.2 Å². The summed E-state index contributed by atoms with van der Waals surface area (Å²) in [5, 5.41) is 1.31. The molecule has 0 spiro atoms. The topological polar surface area (TPSA) is 110 Å². The van der Waals surface area contributed by atoms with Gasteiger partial charge >= 0.3 is 0 Å². The lowest BCUT2D eigenvalue weighted by Crippen LogP contribution is -2.15. The number of anilines is 1. The highest BCUT2D eigenvalue weighted by molar-refractivity contribution is 7.93. The minimum atomic E-state index is -4.04. The van der Waals surface area contributed by atoms with Crippen LogP contribution in [0, 0.1) is 0 Å². The number of ether oxygens (including phenoxy) is 1. The molecule has 0 aliphatic rings. The first-order chi connectivity index (χ1) is 13.4. The van der Waals surface area contributed by atoms with Crippen LogP contribution in [0.5, 0.6) is 5.88 Å². The first-order valence-electron chi connectivity index (χ1n) is 7.94. The summed E-state index contributed by atoms with van der Waals surface area (Å²) in [6.07, 6.45) is 0.953. The van der Waals surface area contributed by atoms with Gasteiger partial charge in [0.1, 0.15) is 4.90 Å². The van der Waals surface area contributed by atoms with E-state index in [1.807, 2.05) is 0 Å². The normalized spacial score (nSPS) is 12.1. The minimum absolute atomic E-state index is 0.00910. The number of aromatic amines is 1. The second-order valence-electron chi connectivity index (χ2n) is 5.81. The fraction of sp³-hybridized carbons (Fsp3) is 0.188. The molecule has 1 aromatic carbocycles.